The Morgan fingerprint density at radius 1 is 1.07 bits per heavy atom. The largest absolute Gasteiger partial charge is 0.481 e. The number of rotatable bonds is 9. The lowest BCUT2D eigenvalue weighted by atomic mass is 9.90. The molecule has 0 amide bonds. The molecule has 3 N–H and O–H groups in total. The van der Waals surface area contributed by atoms with Crippen LogP contribution in [-0.4, -0.2) is 78.2 Å². The van der Waals surface area contributed by atoms with Crippen molar-refractivity contribution in [2.45, 2.75) is 52.3 Å². The van der Waals surface area contributed by atoms with Crippen molar-refractivity contribution in [3.63, 3.8) is 0 Å². The summed E-state index contributed by atoms with van der Waals surface area (Å²) in [5.74, 6) is 0.0897. The third kappa shape index (κ3) is 6.87. The van der Waals surface area contributed by atoms with Crippen molar-refractivity contribution in [3.05, 3.63) is 94.4 Å². The first-order valence-corrected chi connectivity index (χ1v) is 18.4. The molecule has 6 aromatic rings. The number of piperidine rings is 1. The molecule has 0 spiro atoms. The van der Waals surface area contributed by atoms with E-state index in [0.717, 1.165) is 64.8 Å². The Balaban J connectivity index is 1.06. The fourth-order valence-corrected chi connectivity index (χ4v) is 7.97. The van der Waals surface area contributed by atoms with Crippen LogP contribution < -0.4 is 5.32 Å². The number of hydrogen-bond donors (Lipinski definition) is 3. The molecule has 2 aliphatic heterocycles. The summed E-state index contributed by atoms with van der Waals surface area (Å²) in [5, 5.41) is 34.6. The fraction of sp³-hybridized carbons (Fsp3) is 0.317. The van der Waals surface area contributed by atoms with E-state index < -0.39 is 11.4 Å². The lowest BCUT2D eigenvalue weighted by molar-refractivity contribution is -0.147. The molecule has 13 heteroatoms. The van der Waals surface area contributed by atoms with Gasteiger partial charge in [-0.05, 0) is 99.3 Å². The maximum absolute atomic E-state index is 11.8. The van der Waals surface area contributed by atoms with Gasteiger partial charge in [0.15, 0.2) is 11.4 Å². The minimum absolute atomic E-state index is 0.265. The average molecular weight is 743 g/mol. The Bertz CT molecular complexity index is 2460. The Morgan fingerprint density at radius 3 is 2.70 bits per heavy atom. The molecule has 2 saturated heterocycles. The van der Waals surface area contributed by atoms with E-state index in [1.807, 2.05) is 43.5 Å². The topological polar surface area (TPSA) is 165 Å². The van der Waals surface area contributed by atoms with Crippen LogP contribution in [0.4, 0.5) is 11.5 Å². The lowest BCUT2D eigenvalue weighted by Gasteiger charge is -2.29. The van der Waals surface area contributed by atoms with Crippen molar-refractivity contribution in [2.24, 2.45) is 5.41 Å². The molecule has 54 heavy (non-hydrogen) atoms. The predicted octanol–water partition coefficient (Wildman–Crippen LogP) is 7.33. The number of benzene rings is 2. The van der Waals surface area contributed by atoms with E-state index in [-0.39, 0.29) is 12.0 Å². The molecule has 0 aliphatic carbocycles. The van der Waals surface area contributed by atoms with Crippen molar-refractivity contribution in [2.75, 3.05) is 31.5 Å². The minimum atomic E-state index is -0.800. The monoisotopic (exact) mass is 742 g/mol. The number of nitrogens with zero attached hydrogens (tertiary/aromatic N) is 7. The normalized spacial score (nSPS) is 19.4. The zero-order chi connectivity index (χ0) is 37.6. The number of pyridine rings is 3. The van der Waals surface area contributed by atoms with Gasteiger partial charge in [-0.15, -0.1) is 0 Å². The van der Waals surface area contributed by atoms with Crippen molar-refractivity contribution in [1.82, 2.24) is 29.7 Å². The first-order chi connectivity index (χ1) is 26.1. The Kier molecular flexibility index (Phi) is 9.49. The number of carbonyl (C=O) groups is 1. The summed E-state index contributed by atoms with van der Waals surface area (Å²) in [7, 11) is 0. The molecule has 2 aliphatic rings. The van der Waals surface area contributed by atoms with Crippen molar-refractivity contribution in [1.29, 1.82) is 5.26 Å². The number of carboxylic acids is 1. The number of hydrogen-bond acceptors (Lipinski definition) is 11. The number of aliphatic carboxylic acids is 1. The Labute approximate surface area is 317 Å². The van der Waals surface area contributed by atoms with Gasteiger partial charge < -0.3 is 19.9 Å². The van der Waals surface area contributed by atoms with E-state index in [1.165, 1.54) is 0 Å². The van der Waals surface area contributed by atoms with Gasteiger partial charge in [0.05, 0.1) is 33.4 Å². The molecule has 0 radical (unpaired) electrons. The van der Waals surface area contributed by atoms with Crippen LogP contribution in [0, 0.1) is 23.7 Å². The molecule has 2 fully saturated rings. The quantitative estimate of drug-likeness (QED) is 0.135. The van der Waals surface area contributed by atoms with Gasteiger partial charge >= 0.3 is 5.97 Å². The van der Waals surface area contributed by atoms with Crippen LogP contribution in [0.1, 0.15) is 48.4 Å². The van der Waals surface area contributed by atoms with E-state index in [9.17, 15) is 20.3 Å². The van der Waals surface area contributed by atoms with Gasteiger partial charge in [0.25, 0.3) is 0 Å². The summed E-state index contributed by atoms with van der Waals surface area (Å²) < 4.78 is 6.19. The second-order valence-corrected chi connectivity index (χ2v) is 15.1. The van der Waals surface area contributed by atoms with E-state index in [0.29, 0.717) is 71.4 Å². The molecule has 2 aromatic carbocycles. The van der Waals surface area contributed by atoms with E-state index in [1.54, 1.807) is 31.5 Å². The van der Waals surface area contributed by atoms with Gasteiger partial charge in [-0.25, -0.2) is 9.97 Å². The molecule has 0 bridgehead atoms. The van der Waals surface area contributed by atoms with Crippen LogP contribution in [-0.2, 0) is 17.9 Å². The Morgan fingerprint density at radius 2 is 1.91 bits per heavy atom. The zero-order valence-corrected chi connectivity index (χ0v) is 30.8. The number of oxazole rings is 1. The van der Waals surface area contributed by atoms with Gasteiger partial charge in [-0.2, -0.15) is 5.26 Å². The number of fused-ring (bicyclic) bond motifs is 2. The number of β-amino-alcohol motifs (C(OH)–C–C–N with tert-alkyl or cyclic N) is 1. The molecule has 274 valence electrons. The minimum Gasteiger partial charge on any atom is -0.481 e. The predicted molar refractivity (Wildman–Crippen MR) is 206 cm³/mol. The third-order valence-electron chi connectivity index (χ3n) is 10.6. The van der Waals surface area contributed by atoms with Crippen LogP contribution in [0.3, 0.4) is 0 Å². The molecule has 12 nitrogen and oxygen atoms in total. The SMILES string of the molecule is Cc1c(Nc2nccc3cc(CN4CCCC(O)C4)cnc23)cccc1-c1nccc(-c2nc3cc(CN4CCC(C)(C(=O)O)C4)cc(C#N)c3o2)c1Cl. The highest BCUT2D eigenvalue weighted by Gasteiger charge is 2.40. The second kappa shape index (κ2) is 14.4. The number of nitriles is 1. The molecule has 8 rings (SSSR count). The summed E-state index contributed by atoms with van der Waals surface area (Å²) in [6.07, 6.45) is 7.44. The maximum Gasteiger partial charge on any atom is 0.310 e. The van der Waals surface area contributed by atoms with E-state index in [4.69, 9.17) is 26.0 Å². The highest BCUT2D eigenvalue weighted by Crippen LogP contribution is 2.40. The van der Waals surface area contributed by atoms with Crippen molar-refractivity contribution < 1.29 is 19.4 Å². The number of halogens is 1. The van der Waals surface area contributed by atoms with E-state index in [2.05, 4.69) is 37.2 Å². The number of aliphatic hydroxyl groups is 1. The summed E-state index contributed by atoms with van der Waals surface area (Å²) >= 11 is 7.09. The number of aromatic nitrogens is 4. The summed E-state index contributed by atoms with van der Waals surface area (Å²) in [6, 6.07) is 17.6. The molecular formula is C41H39ClN8O4. The van der Waals surface area contributed by atoms with Crippen LogP contribution in [0.25, 0.3) is 44.7 Å². The van der Waals surface area contributed by atoms with Gasteiger partial charge in [0.1, 0.15) is 17.1 Å². The maximum atomic E-state index is 11.8. The van der Waals surface area contributed by atoms with Crippen molar-refractivity contribution >= 4 is 51.1 Å². The zero-order valence-electron chi connectivity index (χ0n) is 30.0. The fourth-order valence-electron chi connectivity index (χ4n) is 7.67. The third-order valence-corrected chi connectivity index (χ3v) is 11.0. The highest BCUT2D eigenvalue weighted by molar-refractivity contribution is 6.35. The van der Waals surface area contributed by atoms with Crippen molar-refractivity contribution in [3.8, 4) is 28.8 Å². The van der Waals surface area contributed by atoms with Gasteiger partial charge in [0, 0.05) is 61.4 Å². The van der Waals surface area contributed by atoms with Gasteiger partial charge in [-0.3, -0.25) is 24.6 Å². The molecule has 2 atom stereocenters. The van der Waals surface area contributed by atoms with Crippen LogP contribution in [0.2, 0.25) is 5.02 Å². The summed E-state index contributed by atoms with van der Waals surface area (Å²) in [6.45, 7) is 7.71. The molecule has 6 heterocycles. The number of aliphatic hydroxyl groups excluding tert-OH is 1. The standard InChI is InChI=1S/C41H39ClN8O4/c1-24-30(6-3-7-32(24)47-38-35-27(8-11-45-38)16-26(19-46-35)21-49-13-4-5-29(51)22-49)36-34(42)31(9-12-44-36)39-48-33-17-25(15-28(18-43)37(33)54-39)20-50-14-10-41(2,23-50)40(52)53/h3,6-9,11-12,15-17,19,29,51H,4-5,10,13-14,20-23H2,1-2H3,(H,45,47)(H,52,53). The van der Waals surface area contributed by atoms with Crippen LogP contribution in [0.5, 0.6) is 0 Å². The Hall–Kier alpha value is -5.45. The second-order valence-electron chi connectivity index (χ2n) is 14.7. The average Bonchev–Trinajstić information content (AvgIpc) is 3.76. The van der Waals surface area contributed by atoms with Gasteiger partial charge in [-0.1, -0.05) is 23.7 Å². The summed E-state index contributed by atoms with van der Waals surface area (Å²) in [5.41, 5.74) is 6.72. The lowest BCUT2D eigenvalue weighted by Crippen LogP contribution is -2.37. The number of carboxylic acid groups (broad SMARTS) is 1. The molecule has 0 saturated carbocycles. The summed E-state index contributed by atoms with van der Waals surface area (Å²) in [4.78, 5) is 35.0. The first kappa shape index (κ1) is 35.6. The first-order valence-electron chi connectivity index (χ1n) is 18.0. The number of anilines is 2. The molecule has 4 aromatic heterocycles. The number of likely N-dealkylation sites (tertiary alicyclic amines) is 2. The van der Waals surface area contributed by atoms with Crippen LogP contribution >= 0.6 is 11.6 Å². The van der Waals surface area contributed by atoms with Gasteiger partial charge in [0.2, 0.25) is 5.89 Å². The highest BCUT2D eigenvalue weighted by atomic mass is 35.5. The van der Waals surface area contributed by atoms with E-state index >= 15 is 0 Å². The smallest absolute Gasteiger partial charge is 0.310 e. The molecule has 2 unspecified atom stereocenters. The molecular weight excluding hydrogens is 704 g/mol. The van der Waals surface area contributed by atoms with Crippen LogP contribution in [0.15, 0.2) is 71.5 Å². The number of nitrogens with one attached hydrogen (secondary N) is 1.